The van der Waals surface area contributed by atoms with Crippen molar-refractivity contribution in [3.05, 3.63) is 265 Å². The van der Waals surface area contributed by atoms with Crippen molar-refractivity contribution in [3.8, 4) is 90.0 Å². The SMILES string of the molecule is CC.N#Cc1c(-c2cc(C3=CC=CC=C=C3)cc(-c3ccccc3)c2)cc(-c2cc(-c3ccccc3)cc(C3C=CC=CC3)c2)c(C#N)c1-c1cccc(-c2cccc(-c3ccccc3)c2)c1. The molecule has 2 nitrogen and oxygen atoms in total. The monoisotopic (exact) mass is 856 g/mol. The molecule has 0 N–H and O–H groups in total. The van der Waals surface area contributed by atoms with Gasteiger partial charge in [-0.25, -0.2) is 0 Å². The van der Waals surface area contributed by atoms with Crippen molar-refractivity contribution >= 4 is 5.57 Å². The van der Waals surface area contributed by atoms with E-state index in [4.69, 9.17) is 0 Å². The van der Waals surface area contributed by atoms with E-state index >= 15 is 0 Å². The zero-order valence-corrected chi connectivity index (χ0v) is 37.7. The van der Waals surface area contributed by atoms with E-state index in [9.17, 15) is 10.5 Å². The first-order valence-corrected chi connectivity index (χ1v) is 23.0. The Balaban J connectivity index is 0.00000278. The summed E-state index contributed by atoms with van der Waals surface area (Å²) >= 11 is 0. The summed E-state index contributed by atoms with van der Waals surface area (Å²) in [6.07, 6.45) is 19.6. The lowest BCUT2D eigenvalue weighted by molar-refractivity contribution is 0.854. The summed E-state index contributed by atoms with van der Waals surface area (Å²) in [6.45, 7) is 4.00. The Morgan fingerprint density at radius 3 is 1.48 bits per heavy atom. The van der Waals surface area contributed by atoms with Crippen LogP contribution >= 0.6 is 0 Å². The highest BCUT2D eigenvalue weighted by Gasteiger charge is 2.24. The largest absolute Gasteiger partial charge is 0.192 e. The van der Waals surface area contributed by atoms with E-state index in [0.717, 1.165) is 89.9 Å². The van der Waals surface area contributed by atoms with Crippen LogP contribution in [0, 0.1) is 22.7 Å². The fraction of sp³-hybridized carbons (Fsp3) is 0.0615. The highest BCUT2D eigenvalue weighted by molar-refractivity contribution is 5.96. The van der Waals surface area contributed by atoms with Gasteiger partial charge in [-0.1, -0.05) is 196 Å². The van der Waals surface area contributed by atoms with Crippen molar-refractivity contribution < 1.29 is 0 Å². The number of hydrogen-bond donors (Lipinski definition) is 0. The van der Waals surface area contributed by atoms with Crippen LogP contribution in [0.2, 0.25) is 0 Å². The zero-order valence-electron chi connectivity index (χ0n) is 37.7. The third-order valence-corrected chi connectivity index (χ3v) is 12.3. The smallest absolute Gasteiger partial charge is 0.100 e. The van der Waals surface area contributed by atoms with Crippen molar-refractivity contribution in [1.29, 1.82) is 10.5 Å². The molecule has 8 aromatic rings. The van der Waals surface area contributed by atoms with Crippen LogP contribution in [0.5, 0.6) is 0 Å². The van der Waals surface area contributed by atoms with Gasteiger partial charge in [0.05, 0.1) is 11.1 Å². The molecule has 0 saturated heterocycles. The molecule has 0 aliphatic heterocycles. The van der Waals surface area contributed by atoms with Gasteiger partial charge in [0.2, 0.25) is 0 Å². The van der Waals surface area contributed by atoms with E-state index < -0.39 is 0 Å². The molecule has 0 heterocycles. The minimum Gasteiger partial charge on any atom is -0.192 e. The first kappa shape index (κ1) is 43.5. The lowest BCUT2D eigenvalue weighted by Gasteiger charge is -2.21. The Morgan fingerprint density at radius 2 is 0.896 bits per heavy atom. The molecule has 0 aromatic heterocycles. The van der Waals surface area contributed by atoms with Gasteiger partial charge in [-0.3, -0.25) is 0 Å². The van der Waals surface area contributed by atoms with E-state index in [2.05, 4.69) is 188 Å². The average Bonchev–Trinajstić information content (AvgIpc) is 3.72. The Morgan fingerprint density at radius 1 is 0.433 bits per heavy atom. The molecule has 10 rings (SSSR count). The van der Waals surface area contributed by atoms with E-state index in [1.54, 1.807) is 0 Å². The van der Waals surface area contributed by atoms with Gasteiger partial charge in [0.1, 0.15) is 12.1 Å². The Hall–Kier alpha value is -8.78. The van der Waals surface area contributed by atoms with Crippen molar-refractivity contribution in [2.45, 2.75) is 26.2 Å². The van der Waals surface area contributed by atoms with Gasteiger partial charge in [-0.15, -0.1) is 5.73 Å². The topological polar surface area (TPSA) is 47.6 Å². The average molecular weight is 857 g/mol. The van der Waals surface area contributed by atoms with Crippen LogP contribution in [0.3, 0.4) is 0 Å². The van der Waals surface area contributed by atoms with Gasteiger partial charge < -0.3 is 0 Å². The molecule has 0 radical (unpaired) electrons. The summed E-state index contributed by atoms with van der Waals surface area (Å²) in [5.41, 5.74) is 20.6. The van der Waals surface area contributed by atoms with Crippen LogP contribution in [0.1, 0.15) is 48.4 Å². The third-order valence-electron chi connectivity index (χ3n) is 12.3. The number of benzene rings is 8. The molecule has 0 amide bonds. The molecule has 0 saturated carbocycles. The molecule has 0 spiro atoms. The van der Waals surface area contributed by atoms with Gasteiger partial charge in [0, 0.05) is 22.6 Å². The maximum atomic E-state index is 11.5. The van der Waals surface area contributed by atoms with Crippen LogP contribution in [0.25, 0.3) is 83.5 Å². The summed E-state index contributed by atoms with van der Waals surface area (Å²) in [6, 6.07) is 68.7. The van der Waals surface area contributed by atoms with Crippen LogP contribution in [-0.4, -0.2) is 0 Å². The molecule has 2 aliphatic rings. The van der Waals surface area contributed by atoms with Gasteiger partial charge in [0.25, 0.3) is 0 Å². The predicted molar refractivity (Wildman–Crippen MR) is 281 cm³/mol. The molecule has 2 aliphatic carbocycles. The normalized spacial score (nSPS) is 13.4. The number of allylic oxidation sites excluding steroid dienone is 9. The zero-order chi connectivity index (χ0) is 46.0. The molecular weight excluding hydrogens is 809 g/mol. The maximum absolute atomic E-state index is 11.5. The second-order valence-corrected chi connectivity index (χ2v) is 16.4. The fourth-order valence-corrected chi connectivity index (χ4v) is 9.05. The quantitative estimate of drug-likeness (QED) is 0.136. The van der Waals surface area contributed by atoms with E-state index in [0.29, 0.717) is 16.7 Å². The summed E-state index contributed by atoms with van der Waals surface area (Å²) in [7, 11) is 0. The molecule has 0 fully saturated rings. The van der Waals surface area contributed by atoms with Crippen molar-refractivity contribution in [2.24, 2.45) is 0 Å². The second kappa shape index (κ2) is 20.4. The lowest BCUT2D eigenvalue weighted by Crippen LogP contribution is -2.01. The summed E-state index contributed by atoms with van der Waals surface area (Å²) in [5.74, 6) is 0.169. The molecular formula is C65H48N2. The van der Waals surface area contributed by atoms with Crippen LogP contribution < -0.4 is 0 Å². The first-order chi connectivity index (χ1) is 33.1. The van der Waals surface area contributed by atoms with Gasteiger partial charge >= 0.3 is 0 Å². The van der Waals surface area contributed by atoms with Crippen molar-refractivity contribution in [1.82, 2.24) is 0 Å². The van der Waals surface area contributed by atoms with Gasteiger partial charge in [-0.2, -0.15) is 10.5 Å². The van der Waals surface area contributed by atoms with Crippen molar-refractivity contribution in [3.63, 3.8) is 0 Å². The second-order valence-electron chi connectivity index (χ2n) is 16.4. The number of nitrogens with zero attached hydrogens (tertiary/aromatic N) is 2. The summed E-state index contributed by atoms with van der Waals surface area (Å²) in [4.78, 5) is 0. The standard InChI is InChI=1S/C63H42N2.C2H6/c64-42-61-59(57-37-53(45-21-7-1-2-8-22-45)35-54(38-57)46-23-11-4-12-24-46)41-60(58-39-55(47-25-13-5-14-26-47)36-56(40-58)48-27-15-6-16-28-48)62(43-65)63(61)52-32-18-31-51(34-52)50-30-17-29-49(33-50)44-19-9-3-10-20-44;1-2/h1-7,9-27,29-41,48H,28H2;1-2H3. The van der Waals surface area contributed by atoms with E-state index in [1.807, 2.05) is 80.6 Å². The highest BCUT2D eigenvalue weighted by atomic mass is 14.3. The lowest BCUT2D eigenvalue weighted by atomic mass is 9.81. The fourth-order valence-electron chi connectivity index (χ4n) is 9.05. The van der Waals surface area contributed by atoms with Gasteiger partial charge in [-0.05, 0) is 139 Å². The third kappa shape index (κ3) is 9.40. The van der Waals surface area contributed by atoms with E-state index in [-0.39, 0.29) is 5.92 Å². The number of rotatable bonds is 9. The minimum atomic E-state index is 0.169. The molecule has 0 bridgehead atoms. The number of hydrogen-bond acceptors (Lipinski definition) is 2. The number of nitriles is 2. The Bertz CT molecular complexity index is 3380. The van der Waals surface area contributed by atoms with Crippen molar-refractivity contribution in [2.75, 3.05) is 0 Å². The van der Waals surface area contributed by atoms with Gasteiger partial charge in [0.15, 0.2) is 0 Å². The van der Waals surface area contributed by atoms with Crippen LogP contribution in [-0.2, 0) is 0 Å². The molecule has 318 valence electrons. The maximum Gasteiger partial charge on any atom is 0.100 e. The first-order valence-electron chi connectivity index (χ1n) is 23.0. The Kier molecular flexibility index (Phi) is 13.2. The Labute approximate surface area is 395 Å². The molecule has 8 aromatic carbocycles. The molecule has 1 unspecified atom stereocenters. The molecule has 2 heteroatoms. The molecule has 1 atom stereocenters. The summed E-state index contributed by atoms with van der Waals surface area (Å²) in [5, 5.41) is 23.0. The highest BCUT2D eigenvalue weighted by Crippen LogP contribution is 2.45. The minimum absolute atomic E-state index is 0.169. The van der Waals surface area contributed by atoms with Crippen LogP contribution in [0.15, 0.2) is 242 Å². The summed E-state index contributed by atoms with van der Waals surface area (Å²) < 4.78 is 0. The van der Waals surface area contributed by atoms with Crippen LogP contribution in [0.4, 0.5) is 0 Å². The molecule has 67 heavy (non-hydrogen) atoms. The predicted octanol–water partition coefficient (Wildman–Crippen LogP) is 17.4. The van der Waals surface area contributed by atoms with E-state index in [1.165, 1.54) is 5.56 Å².